The zero-order chi connectivity index (χ0) is 23.3. The first-order chi connectivity index (χ1) is 15.9. The van der Waals surface area contributed by atoms with Gasteiger partial charge in [0.1, 0.15) is 0 Å². The lowest BCUT2D eigenvalue weighted by Gasteiger charge is -2.15. The summed E-state index contributed by atoms with van der Waals surface area (Å²) in [6.07, 6.45) is 2.06. The maximum Gasteiger partial charge on any atom is 0.261 e. The fourth-order valence-corrected chi connectivity index (χ4v) is 4.81. The monoisotopic (exact) mass is 463 g/mol. The SMILES string of the molecule is O=C(NCc1cccc(C(=O)N2CCCC2)c1)c1cccc(NS(=O)(=O)c2ccccc2)c1. The summed E-state index contributed by atoms with van der Waals surface area (Å²) in [5.41, 5.74) is 2.05. The molecule has 3 aromatic rings. The van der Waals surface area contributed by atoms with Gasteiger partial charge >= 0.3 is 0 Å². The maximum absolute atomic E-state index is 12.7. The van der Waals surface area contributed by atoms with Crippen LogP contribution in [0.15, 0.2) is 83.8 Å². The van der Waals surface area contributed by atoms with Crippen LogP contribution in [0, 0.1) is 0 Å². The third kappa shape index (κ3) is 5.59. The van der Waals surface area contributed by atoms with Crippen molar-refractivity contribution >= 4 is 27.5 Å². The summed E-state index contributed by atoms with van der Waals surface area (Å²) in [5, 5.41) is 2.83. The van der Waals surface area contributed by atoms with Crippen molar-refractivity contribution in [2.45, 2.75) is 24.3 Å². The Morgan fingerprint density at radius 3 is 2.27 bits per heavy atom. The molecule has 0 spiro atoms. The number of amides is 2. The zero-order valence-electron chi connectivity index (χ0n) is 18.0. The molecule has 0 atom stereocenters. The van der Waals surface area contributed by atoms with Crippen LogP contribution in [0.1, 0.15) is 39.1 Å². The highest BCUT2D eigenvalue weighted by Gasteiger charge is 2.19. The molecule has 8 heteroatoms. The van der Waals surface area contributed by atoms with Crippen LogP contribution < -0.4 is 10.0 Å². The third-order valence-electron chi connectivity index (χ3n) is 5.45. The average molecular weight is 464 g/mol. The highest BCUT2D eigenvalue weighted by Crippen LogP contribution is 2.18. The summed E-state index contributed by atoms with van der Waals surface area (Å²) >= 11 is 0. The molecular weight excluding hydrogens is 438 g/mol. The molecule has 0 aromatic heterocycles. The van der Waals surface area contributed by atoms with E-state index >= 15 is 0 Å². The summed E-state index contributed by atoms with van der Waals surface area (Å²) in [4.78, 5) is 27.3. The molecule has 1 fully saturated rings. The molecule has 0 bridgehead atoms. The summed E-state index contributed by atoms with van der Waals surface area (Å²) in [6, 6.07) is 21.6. The Morgan fingerprint density at radius 2 is 1.52 bits per heavy atom. The molecule has 4 rings (SSSR count). The summed E-state index contributed by atoms with van der Waals surface area (Å²) < 4.78 is 27.6. The first-order valence-electron chi connectivity index (χ1n) is 10.8. The van der Waals surface area contributed by atoms with Gasteiger partial charge in [-0.15, -0.1) is 0 Å². The standard InChI is InChI=1S/C25H25N3O4S/c29-24(26-18-19-8-6-10-21(16-19)25(30)28-14-4-5-15-28)20-9-7-11-22(17-20)27-33(31,32)23-12-2-1-3-13-23/h1-3,6-13,16-17,27H,4-5,14-15,18H2,(H,26,29). The van der Waals surface area contributed by atoms with Crippen LogP contribution in [-0.4, -0.2) is 38.2 Å². The molecule has 0 aliphatic carbocycles. The second-order valence-electron chi connectivity index (χ2n) is 7.88. The summed E-state index contributed by atoms with van der Waals surface area (Å²) in [5.74, 6) is -0.328. The number of carbonyl (C=O) groups excluding carboxylic acids is 2. The molecule has 2 N–H and O–H groups in total. The van der Waals surface area contributed by atoms with E-state index in [-0.39, 0.29) is 23.3 Å². The fraction of sp³-hybridized carbons (Fsp3) is 0.200. The van der Waals surface area contributed by atoms with Crippen LogP contribution in [0.25, 0.3) is 0 Å². The lowest BCUT2D eigenvalue weighted by Crippen LogP contribution is -2.28. The van der Waals surface area contributed by atoms with Crippen LogP contribution in [-0.2, 0) is 16.6 Å². The van der Waals surface area contributed by atoms with Gasteiger partial charge in [-0.1, -0.05) is 36.4 Å². The minimum Gasteiger partial charge on any atom is -0.348 e. The smallest absolute Gasteiger partial charge is 0.261 e. The average Bonchev–Trinajstić information content (AvgIpc) is 3.38. The molecule has 1 aliphatic heterocycles. The van der Waals surface area contributed by atoms with Gasteiger partial charge in [0.15, 0.2) is 0 Å². The minimum atomic E-state index is -3.75. The van der Waals surface area contributed by atoms with Crippen LogP contribution >= 0.6 is 0 Å². The normalized spacial score (nSPS) is 13.5. The molecule has 3 aromatic carbocycles. The van der Waals surface area contributed by atoms with Gasteiger partial charge in [-0.25, -0.2) is 8.42 Å². The van der Waals surface area contributed by atoms with E-state index in [0.29, 0.717) is 16.8 Å². The van der Waals surface area contributed by atoms with Gasteiger partial charge in [-0.05, 0) is 60.9 Å². The van der Waals surface area contributed by atoms with Gasteiger partial charge in [-0.2, -0.15) is 0 Å². The Labute approximate surface area is 193 Å². The number of anilines is 1. The van der Waals surface area contributed by atoms with Gasteiger partial charge < -0.3 is 10.2 Å². The Bertz CT molecular complexity index is 1250. The van der Waals surface area contributed by atoms with Gasteiger partial charge in [0.25, 0.3) is 21.8 Å². The number of benzene rings is 3. The number of nitrogens with zero attached hydrogens (tertiary/aromatic N) is 1. The topological polar surface area (TPSA) is 95.6 Å². The number of hydrogen-bond acceptors (Lipinski definition) is 4. The number of hydrogen-bond donors (Lipinski definition) is 2. The largest absolute Gasteiger partial charge is 0.348 e. The number of sulfonamides is 1. The lowest BCUT2D eigenvalue weighted by molar-refractivity contribution is 0.0792. The van der Waals surface area contributed by atoms with E-state index < -0.39 is 10.0 Å². The van der Waals surface area contributed by atoms with E-state index in [1.54, 1.807) is 48.5 Å². The van der Waals surface area contributed by atoms with E-state index in [2.05, 4.69) is 10.0 Å². The molecule has 170 valence electrons. The van der Waals surface area contributed by atoms with Crippen molar-refractivity contribution in [2.75, 3.05) is 17.8 Å². The zero-order valence-corrected chi connectivity index (χ0v) is 18.8. The van der Waals surface area contributed by atoms with Gasteiger partial charge in [0, 0.05) is 36.4 Å². The molecule has 7 nitrogen and oxygen atoms in total. The molecular formula is C25H25N3O4S. The fourth-order valence-electron chi connectivity index (χ4n) is 3.74. The van der Waals surface area contributed by atoms with Crippen LogP contribution in [0.4, 0.5) is 5.69 Å². The van der Waals surface area contributed by atoms with E-state index in [0.717, 1.165) is 31.5 Å². The van der Waals surface area contributed by atoms with Crippen molar-refractivity contribution in [2.24, 2.45) is 0 Å². The quantitative estimate of drug-likeness (QED) is 0.559. The van der Waals surface area contributed by atoms with Gasteiger partial charge in [0.2, 0.25) is 0 Å². The Hall–Kier alpha value is -3.65. The summed E-state index contributed by atoms with van der Waals surface area (Å²) in [7, 11) is -3.75. The molecule has 33 heavy (non-hydrogen) atoms. The highest BCUT2D eigenvalue weighted by atomic mass is 32.2. The molecule has 1 heterocycles. The van der Waals surface area contributed by atoms with E-state index in [1.807, 2.05) is 17.0 Å². The lowest BCUT2D eigenvalue weighted by atomic mass is 10.1. The Kier molecular flexibility index (Phi) is 6.74. The number of likely N-dealkylation sites (tertiary alicyclic amines) is 1. The van der Waals surface area contributed by atoms with Crippen molar-refractivity contribution in [1.29, 1.82) is 0 Å². The molecule has 1 saturated heterocycles. The number of nitrogens with one attached hydrogen (secondary N) is 2. The second-order valence-corrected chi connectivity index (χ2v) is 9.56. The minimum absolute atomic E-state index is 0.0130. The Morgan fingerprint density at radius 1 is 0.818 bits per heavy atom. The van der Waals surface area contributed by atoms with Crippen molar-refractivity contribution in [3.05, 3.63) is 95.6 Å². The first-order valence-corrected chi connectivity index (χ1v) is 12.2. The third-order valence-corrected chi connectivity index (χ3v) is 6.85. The van der Waals surface area contributed by atoms with Crippen molar-refractivity contribution in [3.8, 4) is 0 Å². The van der Waals surface area contributed by atoms with Crippen molar-refractivity contribution in [1.82, 2.24) is 10.2 Å². The van der Waals surface area contributed by atoms with E-state index in [1.165, 1.54) is 18.2 Å². The molecule has 0 saturated carbocycles. The molecule has 0 radical (unpaired) electrons. The van der Waals surface area contributed by atoms with Crippen LogP contribution in [0.5, 0.6) is 0 Å². The second kappa shape index (κ2) is 9.87. The van der Waals surface area contributed by atoms with Gasteiger partial charge in [0.05, 0.1) is 4.90 Å². The predicted octanol–water partition coefficient (Wildman–Crippen LogP) is 3.65. The predicted molar refractivity (Wildman–Crippen MR) is 126 cm³/mol. The van der Waals surface area contributed by atoms with Crippen molar-refractivity contribution < 1.29 is 18.0 Å². The Balaban J connectivity index is 1.40. The van der Waals surface area contributed by atoms with Crippen LogP contribution in [0.2, 0.25) is 0 Å². The molecule has 0 unspecified atom stereocenters. The molecule has 2 amide bonds. The summed E-state index contributed by atoms with van der Waals surface area (Å²) in [6.45, 7) is 1.81. The van der Waals surface area contributed by atoms with E-state index in [4.69, 9.17) is 0 Å². The first kappa shape index (κ1) is 22.5. The van der Waals surface area contributed by atoms with Crippen LogP contribution in [0.3, 0.4) is 0 Å². The van der Waals surface area contributed by atoms with E-state index in [9.17, 15) is 18.0 Å². The van der Waals surface area contributed by atoms with Crippen molar-refractivity contribution in [3.63, 3.8) is 0 Å². The maximum atomic E-state index is 12.7. The molecule has 1 aliphatic rings. The number of carbonyl (C=O) groups is 2. The van der Waals surface area contributed by atoms with Gasteiger partial charge in [-0.3, -0.25) is 14.3 Å². The highest BCUT2D eigenvalue weighted by molar-refractivity contribution is 7.92. The number of rotatable bonds is 7.